The number of alkyl halides is 3. The summed E-state index contributed by atoms with van der Waals surface area (Å²) in [6.07, 6.45) is -4.50. The van der Waals surface area contributed by atoms with Crippen LogP contribution in [0.1, 0.15) is 34.3 Å². The van der Waals surface area contributed by atoms with Gasteiger partial charge in [-0.2, -0.15) is 13.2 Å². The van der Waals surface area contributed by atoms with E-state index in [0.29, 0.717) is 5.56 Å². The molecule has 214 valence electrons. The molecule has 0 aliphatic carbocycles. The maximum atomic E-state index is 12.4. The molecule has 0 unspecified atom stereocenters. The van der Waals surface area contributed by atoms with Crippen LogP contribution in [-0.4, -0.2) is 39.7 Å². The number of hydrogen-bond acceptors (Lipinski definition) is 8. The van der Waals surface area contributed by atoms with Gasteiger partial charge in [0, 0.05) is 30.5 Å². The van der Waals surface area contributed by atoms with Gasteiger partial charge in [-0.15, -0.1) is 0 Å². The van der Waals surface area contributed by atoms with Crippen molar-refractivity contribution >= 4 is 29.4 Å². The topological polar surface area (TPSA) is 159 Å². The number of nitrogens with zero attached hydrogens (tertiary/aromatic N) is 2. The summed E-state index contributed by atoms with van der Waals surface area (Å²) in [6, 6.07) is 14.2. The van der Waals surface area contributed by atoms with Crippen LogP contribution in [0.5, 0.6) is 11.5 Å². The quantitative estimate of drug-likeness (QED) is 0.0668. The van der Waals surface area contributed by atoms with E-state index < -0.39 is 45.8 Å². The van der Waals surface area contributed by atoms with Gasteiger partial charge in [-0.1, -0.05) is 12.1 Å². The van der Waals surface area contributed by atoms with Gasteiger partial charge in [-0.3, -0.25) is 20.2 Å². The first-order valence-electron chi connectivity index (χ1n) is 11.8. The van der Waals surface area contributed by atoms with E-state index >= 15 is 0 Å². The highest BCUT2D eigenvalue weighted by Crippen LogP contribution is 2.26. The number of carboxylic acid groups (broad SMARTS) is 1. The zero-order valence-electron chi connectivity index (χ0n) is 21.0. The second kappa shape index (κ2) is 13.2. The van der Waals surface area contributed by atoms with Crippen LogP contribution in [0.4, 0.5) is 24.5 Å². The predicted molar refractivity (Wildman–Crippen MR) is 138 cm³/mol. The lowest BCUT2D eigenvalue weighted by Gasteiger charge is -2.09. The van der Waals surface area contributed by atoms with Gasteiger partial charge < -0.3 is 14.6 Å². The molecule has 0 aromatic heterocycles. The van der Waals surface area contributed by atoms with E-state index in [0.717, 1.165) is 18.2 Å². The number of nitro groups is 2. The number of carboxylic acids is 1. The Hall–Kier alpha value is -5.27. The van der Waals surface area contributed by atoms with Gasteiger partial charge in [-0.05, 0) is 60.0 Å². The number of esters is 1. The van der Waals surface area contributed by atoms with Crippen molar-refractivity contribution < 1.29 is 47.2 Å². The van der Waals surface area contributed by atoms with Crippen LogP contribution >= 0.6 is 0 Å². The molecule has 0 saturated carbocycles. The minimum absolute atomic E-state index is 0.0582. The lowest BCUT2D eigenvalue weighted by molar-refractivity contribution is -0.394. The Bertz CT molecular complexity index is 1440. The summed E-state index contributed by atoms with van der Waals surface area (Å²) in [5.41, 5.74) is -0.709. The molecule has 14 heteroatoms. The summed E-state index contributed by atoms with van der Waals surface area (Å²) in [4.78, 5) is 44.8. The number of carbonyl (C=O) groups is 2. The molecular formula is C27H21F3N2O9. The third-order valence-electron chi connectivity index (χ3n) is 5.45. The van der Waals surface area contributed by atoms with E-state index in [1.54, 1.807) is 0 Å². The molecule has 0 radical (unpaired) electrons. The monoisotopic (exact) mass is 574 g/mol. The third kappa shape index (κ3) is 9.45. The maximum Gasteiger partial charge on any atom is 0.389 e. The van der Waals surface area contributed by atoms with E-state index in [4.69, 9.17) is 9.47 Å². The Morgan fingerprint density at radius 1 is 0.878 bits per heavy atom. The average Bonchev–Trinajstić information content (AvgIpc) is 2.91. The van der Waals surface area contributed by atoms with E-state index in [9.17, 15) is 48.1 Å². The summed E-state index contributed by atoms with van der Waals surface area (Å²) >= 11 is 0. The lowest BCUT2D eigenvalue weighted by atomic mass is 10.0. The maximum absolute atomic E-state index is 12.4. The molecular weight excluding hydrogens is 553 g/mol. The summed E-state index contributed by atoms with van der Waals surface area (Å²) < 4.78 is 47.1. The van der Waals surface area contributed by atoms with Crippen molar-refractivity contribution in [2.45, 2.75) is 25.4 Å². The van der Waals surface area contributed by atoms with Crippen LogP contribution in [-0.2, 0) is 11.2 Å². The smallest absolute Gasteiger partial charge is 0.389 e. The highest BCUT2D eigenvalue weighted by atomic mass is 19.4. The van der Waals surface area contributed by atoms with Crippen molar-refractivity contribution in [1.82, 2.24) is 0 Å². The SMILES string of the molecule is O=C(O)/C(=C/c1ccc(OC(=O)c2ccc(OCCCC(F)(F)F)cc2)cc1)Cc1cc([N+](=O)[O-])cc([N+](=O)[O-])c1. The molecule has 0 heterocycles. The molecule has 0 aliphatic heterocycles. The van der Waals surface area contributed by atoms with Gasteiger partial charge in [0.25, 0.3) is 11.4 Å². The second-order valence-corrected chi connectivity index (χ2v) is 8.57. The van der Waals surface area contributed by atoms with Crippen molar-refractivity contribution in [3.63, 3.8) is 0 Å². The molecule has 0 aliphatic rings. The highest BCUT2D eigenvalue weighted by Gasteiger charge is 2.26. The molecule has 0 amide bonds. The first-order chi connectivity index (χ1) is 19.3. The van der Waals surface area contributed by atoms with Crippen LogP contribution in [0.3, 0.4) is 0 Å². The first-order valence-corrected chi connectivity index (χ1v) is 11.8. The van der Waals surface area contributed by atoms with E-state index in [-0.39, 0.29) is 47.6 Å². The molecule has 0 spiro atoms. The number of halogens is 3. The third-order valence-corrected chi connectivity index (χ3v) is 5.45. The zero-order valence-corrected chi connectivity index (χ0v) is 21.0. The summed E-state index contributed by atoms with van der Waals surface area (Å²) in [7, 11) is 0. The Morgan fingerprint density at radius 3 is 1.95 bits per heavy atom. The van der Waals surface area contributed by atoms with E-state index in [2.05, 4.69) is 0 Å². The van der Waals surface area contributed by atoms with Gasteiger partial charge >= 0.3 is 18.1 Å². The molecule has 3 rings (SSSR count). The van der Waals surface area contributed by atoms with Crippen molar-refractivity contribution in [3.05, 3.63) is 109 Å². The molecule has 0 fully saturated rings. The van der Waals surface area contributed by atoms with Crippen LogP contribution < -0.4 is 9.47 Å². The van der Waals surface area contributed by atoms with Crippen molar-refractivity contribution in [2.24, 2.45) is 0 Å². The van der Waals surface area contributed by atoms with Gasteiger partial charge in [0.2, 0.25) is 0 Å². The first kappa shape index (κ1) is 30.3. The molecule has 3 aromatic carbocycles. The van der Waals surface area contributed by atoms with Gasteiger partial charge in [0.1, 0.15) is 11.5 Å². The lowest BCUT2D eigenvalue weighted by Crippen LogP contribution is -2.10. The number of benzene rings is 3. The molecule has 0 bridgehead atoms. The van der Waals surface area contributed by atoms with Crippen LogP contribution in [0.15, 0.2) is 72.3 Å². The highest BCUT2D eigenvalue weighted by molar-refractivity contribution is 5.93. The van der Waals surface area contributed by atoms with Crippen LogP contribution in [0.2, 0.25) is 0 Å². The number of aliphatic carboxylic acids is 1. The van der Waals surface area contributed by atoms with Gasteiger partial charge in [0.15, 0.2) is 0 Å². The van der Waals surface area contributed by atoms with Gasteiger partial charge in [0.05, 0.1) is 28.1 Å². The number of rotatable bonds is 12. The molecule has 0 saturated heterocycles. The fourth-order valence-corrected chi connectivity index (χ4v) is 3.53. The Labute approximate surface area is 229 Å². The largest absolute Gasteiger partial charge is 0.494 e. The number of carbonyl (C=O) groups excluding carboxylic acids is 1. The Morgan fingerprint density at radius 2 is 1.44 bits per heavy atom. The molecule has 3 aromatic rings. The van der Waals surface area contributed by atoms with Crippen molar-refractivity contribution in [3.8, 4) is 11.5 Å². The Balaban J connectivity index is 1.65. The van der Waals surface area contributed by atoms with Crippen molar-refractivity contribution in [1.29, 1.82) is 0 Å². The summed E-state index contributed by atoms with van der Waals surface area (Å²) in [5.74, 6) is -1.66. The van der Waals surface area contributed by atoms with E-state index in [1.807, 2.05) is 0 Å². The Kier molecular flexibility index (Phi) is 9.74. The molecule has 1 N–H and O–H groups in total. The van der Waals surface area contributed by atoms with Crippen LogP contribution in [0, 0.1) is 20.2 Å². The minimum Gasteiger partial charge on any atom is -0.494 e. The normalized spacial score (nSPS) is 11.5. The molecule has 41 heavy (non-hydrogen) atoms. The van der Waals surface area contributed by atoms with Crippen molar-refractivity contribution in [2.75, 3.05) is 6.61 Å². The van der Waals surface area contributed by atoms with Gasteiger partial charge in [-0.25, -0.2) is 9.59 Å². The zero-order chi connectivity index (χ0) is 30.2. The number of non-ortho nitro benzene ring substituents is 2. The van der Waals surface area contributed by atoms with E-state index in [1.165, 1.54) is 54.6 Å². The van der Waals surface area contributed by atoms with Crippen LogP contribution in [0.25, 0.3) is 6.08 Å². The fourth-order valence-electron chi connectivity index (χ4n) is 3.53. The predicted octanol–water partition coefficient (Wildman–Crippen LogP) is 6.15. The minimum atomic E-state index is -4.26. The second-order valence-electron chi connectivity index (χ2n) is 8.57. The standard InChI is InChI=1S/C27H21F3N2O9/c28-27(29,30)10-1-11-40-23-8-4-19(5-9-23)26(35)41-24-6-2-17(3-7-24)12-20(25(33)34)13-18-14-21(31(36)37)16-22(15-18)32(38)39/h2-9,12,14-16H,1,10-11,13H2,(H,33,34)/b20-12+. The molecule has 11 nitrogen and oxygen atoms in total. The summed E-state index contributed by atoms with van der Waals surface area (Å²) in [5, 5.41) is 31.8. The fraction of sp³-hybridized carbons (Fsp3) is 0.185. The summed E-state index contributed by atoms with van der Waals surface area (Å²) in [6.45, 7) is -0.140. The number of ether oxygens (including phenoxy) is 2. The number of hydrogen-bond donors (Lipinski definition) is 1. The average molecular weight is 574 g/mol. The molecule has 0 atom stereocenters. The number of nitro benzene ring substituents is 2.